The molecule has 23 heavy (non-hydrogen) atoms. The van der Waals surface area contributed by atoms with E-state index in [9.17, 15) is 14.4 Å². The van der Waals surface area contributed by atoms with Gasteiger partial charge in [-0.1, -0.05) is 19.3 Å². The molecule has 2 saturated carbocycles. The van der Waals surface area contributed by atoms with Gasteiger partial charge < -0.3 is 15.5 Å². The largest absolute Gasteiger partial charge is 0.348 e. The van der Waals surface area contributed by atoms with Crippen LogP contribution in [-0.2, 0) is 9.59 Å². The molecule has 2 aliphatic rings. The predicted octanol–water partition coefficient (Wildman–Crippen LogP) is -0.673. The molecule has 0 aromatic rings. The molecule has 0 aromatic heterocycles. The molecule has 0 spiro atoms. The monoisotopic (exact) mass is 325 g/mol. The van der Waals surface area contributed by atoms with E-state index in [2.05, 4.69) is 16.0 Å². The van der Waals surface area contributed by atoms with Gasteiger partial charge in [0.2, 0.25) is 0 Å². The molecule has 0 heterocycles. The minimum absolute atomic E-state index is 0.0451. The van der Waals surface area contributed by atoms with E-state index >= 15 is 0 Å². The van der Waals surface area contributed by atoms with Gasteiger partial charge in [-0.05, 0) is 32.6 Å². The highest BCUT2D eigenvalue weighted by molar-refractivity contribution is 5.96. The fourth-order valence-electron chi connectivity index (χ4n) is 2.83. The van der Waals surface area contributed by atoms with Gasteiger partial charge in [-0.3, -0.25) is 14.9 Å². The van der Waals surface area contributed by atoms with E-state index in [0.29, 0.717) is 6.04 Å². The van der Waals surface area contributed by atoms with Crippen molar-refractivity contribution in [2.45, 2.75) is 70.0 Å². The molecular formula is C16H29N4O3+. The van der Waals surface area contributed by atoms with E-state index in [0.717, 1.165) is 43.4 Å². The zero-order valence-corrected chi connectivity index (χ0v) is 14.1. The fraction of sp³-hybridized carbons (Fsp3) is 0.812. The Morgan fingerprint density at radius 3 is 2.22 bits per heavy atom. The van der Waals surface area contributed by atoms with E-state index < -0.39 is 12.1 Å². The molecule has 0 aromatic carbocycles. The third kappa shape index (κ3) is 6.17. The number of rotatable bonds is 6. The molecule has 0 bridgehead atoms. The van der Waals surface area contributed by atoms with Crippen molar-refractivity contribution >= 4 is 17.8 Å². The minimum Gasteiger partial charge on any atom is -0.348 e. The van der Waals surface area contributed by atoms with Crippen LogP contribution in [0.3, 0.4) is 0 Å². The molecule has 7 heteroatoms. The van der Waals surface area contributed by atoms with Crippen LogP contribution in [0.1, 0.15) is 51.9 Å². The molecule has 2 atom stereocenters. The molecule has 2 aliphatic carbocycles. The van der Waals surface area contributed by atoms with Crippen molar-refractivity contribution in [1.82, 2.24) is 16.0 Å². The summed E-state index contributed by atoms with van der Waals surface area (Å²) in [6.45, 7) is 1.96. The number of likely N-dealkylation sites (N-methyl/N-ethyl adjacent to an activating group) is 1. The Morgan fingerprint density at radius 2 is 1.61 bits per heavy atom. The van der Waals surface area contributed by atoms with Gasteiger partial charge in [-0.15, -0.1) is 0 Å². The first-order valence-electron chi connectivity index (χ1n) is 8.68. The summed E-state index contributed by atoms with van der Waals surface area (Å²) in [6.07, 6.45) is 7.50. The lowest BCUT2D eigenvalue weighted by Crippen LogP contribution is -3.15. The van der Waals surface area contributed by atoms with Crippen molar-refractivity contribution in [1.29, 1.82) is 0 Å². The molecule has 0 radical (unpaired) electrons. The first kappa shape index (κ1) is 17.7. The quantitative estimate of drug-likeness (QED) is 0.522. The minimum atomic E-state index is -0.461. The lowest BCUT2D eigenvalue weighted by Gasteiger charge is -2.24. The van der Waals surface area contributed by atoms with E-state index in [4.69, 9.17) is 0 Å². The predicted molar refractivity (Wildman–Crippen MR) is 85.9 cm³/mol. The molecule has 0 aliphatic heterocycles. The number of urea groups is 1. The van der Waals surface area contributed by atoms with E-state index in [1.807, 2.05) is 0 Å². The van der Waals surface area contributed by atoms with Crippen LogP contribution in [0.2, 0.25) is 0 Å². The first-order valence-corrected chi connectivity index (χ1v) is 8.68. The molecule has 2 fully saturated rings. The molecule has 130 valence electrons. The van der Waals surface area contributed by atoms with Crippen LogP contribution in [0.5, 0.6) is 0 Å². The van der Waals surface area contributed by atoms with Crippen molar-refractivity contribution in [3.63, 3.8) is 0 Å². The summed E-state index contributed by atoms with van der Waals surface area (Å²) in [5, 5.41) is 8.15. The second-order valence-electron chi connectivity index (χ2n) is 6.88. The molecule has 2 rings (SSSR count). The smallest absolute Gasteiger partial charge is 0.321 e. The van der Waals surface area contributed by atoms with E-state index in [1.54, 1.807) is 14.0 Å². The SMILES string of the molecule is C[C@H](C(=O)NC(=O)NC1CCCCC1)[NH+](C)CC(=O)NC1CC1. The number of nitrogens with one attached hydrogen (secondary N) is 4. The summed E-state index contributed by atoms with van der Waals surface area (Å²) in [6, 6.07) is -0.400. The molecule has 1 unspecified atom stereocenters. The van der Waals surface area contributed by atoms with Gasteiger partial charge in [0.15, 0.2) is 12.6 Å². The van der Waals surface area contributed by atoms with Gasteiger partial charge in [0.1, 0.15) is 0 Å². The van der Waals surface area contributed by atoms with Crippen molar-refractivity contribution in [2.75, 3.05) is 13.6 Å². The highest BCUT2D eigenvalue weighted by atomic mass is 16.2. The number of amides is 4. The normalized spacial score (nSPS) is 21.1. The summed E-state index contributed by atoms with van der Waals surface area (Å²) >= 11 is 0. The Hall–Kier alpha value is -1.63. The molecule has 4 N–H and O–H groups in total. The summed E-state index contributed by atoms with van der Waals surface area (Å²) in [5.74, 6) is -0.397. The second kappa shape index (κ2) is 8.29. The fourth-order valence-corrected chi connectivity index (χ4v) is 2.83. The average molecular weight is 325 g/mol. The number of hydrogen-bond donors (Lipinski definition) is 4. The summed E-state index contributed by atoms with van der Waals surface area (Å²) in [4.78, 5) is 36.6. The van der Waals surface area contributed by atoms with Gasteiger partial charge in [0, 0.05) is 12.1 Å². The zero-order chi connectivity index (χ0) is 16.8. The number of imide groups is 1. The van der Waals surface area contributed by atoms with Gasteiger partial charge in [0.05, 0.1) is 7.05 Å². The highest BCUT2D eigenvalue weighted by Crippen LogP contribution is 2.18. The van der Waals surface area contributed by atoms with Crippen molar-refractivity contribution < 1.29 is 19.3 Å². The van der Waals surface area contributed by atoms with Crippen LogP contribution >= 0.6 is 0 Å². The Bertz CT molecular complexity index is 445. The standard InChI is InChI=1S/C16H28N4O3/c1-11(20(2)10-14(21)17-13-8-9-13)15(22)19-16(23)18-12-6-4-3-5-7-12/h11-13H,3-10H2,1-2H3,(H,17,21)(H2,18,19,22,23)/p+1/t11-/m1/s1. The second-order valence-corrected chi connectivity index (χ2v) is 6.88. The average Bonchev–Trinajstić information content (AvgIpc) is 3.30. The third-order valence-electron chi connectivity index (χ3n) is 4.69. The van der Waals surface area contributed by atoms with Crippen LogP contribution in [0.15, 0.2) is 0 Å². The van der Waals surface area contributed by atoms with E-state index in [-0.39, 0.29) is 24.4 Å². The Balaban J connectivity index is 1.69. The Kier molecular flexibility index (Phi) is 6.38. The van der Waals surface area contributed by atoms with Crippen LogP contribution in [-0.4, -0.2) is 49.6 Å². The van der Waals surface area contributed by atoms with Gasteiger partial charge in [-0.2, -0.15) is 0 Å². The molecule has 4 amide bonds. The van der Waals surface area contributed by atoms with Crippen molar-refractivity contribution in [3.8, 4) is 0 Å². The zero-order valence-electron chi connectivity index (χ0n) is 14.1. The van der Waals surface area contributed by atoms with Gasteiger partial charge >= 0.3 is 6.03 Å². The number of carbonyl (C=O) groups excluding carboxylic acids is 3. The molecule has 7 nitrogen and oxygen atoms in total. The maximum Gasteiger partial charge on any atom is 0.321 e. The van der Waals surface area contributed by atoms with Crippen molar-refractivity contribution in [2.24, 2.45) is 0 Å². The van der Waals surface area contributed by atoms with Crippen molar-refractivity contribution in [3.05, 3.63) is 0 Å². The van der Waals surface area contributed by atoms with Crippen LogP contribution in [0.4, 0.5) is 4.79 Å². The maximum atomic E-state index is 12.1. The lowest BCUT2D eigenvalue weighted by molar-refractivity contribution is -0.886. The van der Waals surface area contributed by atoms with E-state index in [1.165, 1.54) is 6.42 Å². The lowest BCUT2D eigenvalue weighted by atomic mass is 9.96. The summed E-state index contributed by atoms with van der Waals surface area (Å²) in [5.41, 5.74) is 0. The van der Waals surface area contributed by atoms with Gasteiger partial charge in [-0.25, -0.2) is 4.79 Å². The van der Waals surface area contributed by atoms with Crippen LogP contribution in [0.25, 0.3) is 0 Å². The first-order chi connectivity index (χ1) is 11.0. The highest BCUT2D eigenvalue weighted by Gasteiger charge is 2.29. The summed E-state index contributed by atoms with van der Waals surface area (Å²) < 4.78 is 0. The molecule has 0 saturated heterocycles. The van der Waals surface area contributed by atoms with Crippen LogP contribution < -0.4 is 20.9 Å². The number of carbonyl (C=O) groups is 3. The number of quaternary nitrogens is 1. The Morgan fingerprint density at radius 1 is 1.00 bits per heavy atom. The van der Waals surface area contributed by atoms with Crippen LogP contribution in [0, 0.1) is 0 Å². The van der Waals surface area contributed by atoms with Gasteiger partial charge in [0.25, 0.3) is 11.8 Å². The Labute approximate surface area is 137 Å². The maximum absolute atomic E-state index is 12.1. The number of hydrogen-bond acceptors (Lipinski definition) is 3. The summed E-state index contributed by atoms with van der Waals surface area (Å²) in [7, 11) is 1.79. The topological polar surface area (TPSA) is 91.7 Å². The third-order valence-corrected chi connectivity index (χ3v) is 4.69. The molecular weight excluding hydrogens is 296 g/mol.